The molecule has 88 valence electrons. The number of allylic oxidation sites excluding steroid dienone is 2. The fourth-order valence-corrected chi connectivity index (χ4v) is 1.57. The molecule has 2 N–H and O–H groups in total. The second kappa shape index (κ2) is 5.49. The van der Waals surface area contributed by atoms with Gasteiger partial charge < -0.3 is 10.4 Å². The highest BCUT2D eigenvalue weighted by molar-refractivity contribution is 5.81. The lowest BCUT2D eigenvalue weighted by Crippen LogP contribution is -2.34. The van der Waals surface area contributed by atoms with Crippen molar-refractivity contribution >= 4 is 11.9 Å². The average molecular weight is 223 g/mol. The quantitative estimate of drug-likeness (QED) is 0.761. The van der Waals surface area contributed by atoms with Crippen LogP contribution in [0.1, 0.15) is 33.1 Å². The summed E-state index contributed by atoms with van der Waals surface area (Å²) in [5.41, 5.74) is 2.39. The molecule has 0 radical (unpaired) electrons. The Labute approximate surface area is 95.0 Å². The van der Waals surface area contributed by atoms with Crippen LogP contribution in [-0.2, 0) is 9.59 Å². The first kappa shape index (κ1) is 12.5. The smallest absolute Gasteiger partial charge is 0.303 e. The molecule has 0 bridgehead atoms. The van der Waals surface area contributed by atoms with Crippen LogP contribution in [0.4, 0.5) is 0 Å². The van der Waals surface area contributed by atoms with E-state index in [4.69, 9.17) is 5.11 Å². The van der Waals surface area contributed by atoms with Crippen LogP contribution in [0.3, 0.4) is 0 Å². The largest absolute Gasteiger partial charge is 0.481 e. The van der Waals surface area contributed by atoms with Gasteiger partial charge in [0.25, 0.3) is 0 Å². The number of amides is 1. The third kappa shape index (κ3) is 3.88. The summed E-state index contributed by atoms with van der Waals surface area (Å²) in [6.07, 6.45) is 4.80. The molecule has 1 rings (SSSR count). The molecule has 0 fully saturated rings. The Morgan fingerprint density at radius 3 is 2.62 bits per heavy atom. The predicted molar refractivity (Wildman–Crippen MR) is 60.9 cm³/mol. The zero-order valence-corrected chi connectivity index (χ0v) is 9.62. The average Bonchev–Trinajstić information content (AvgIpc) is 2.21. The molecule has 0 saturated carbocycles. The van der Waals surface area contributed by atoms with Gasteiger partial charge in [-0.3, -0.25) is 9.59 Å². The standard InChI is InChI=1S/C12H17NO3/c1-8-3-4-10(7-9(8)2)13-11(14)5-6-12(15)16/h3,7,10H,4-6H2,1-2H3,(H,13,14)(H,15,16). The number of carbonyl (C=O) groups is 2. The zero-order chi connectivity index (χ0) is 12.1. The summed E-state index contributed by atoms with van der Waals surface area (Å²) in [6.45, 7) is 4.04. The van der Waals surface area contributed by atoms with Gasteiger partial charge in [-0.15, -0.1) is 0 Å². The zero-order valence-electron chi connectivity index (χ0n) is 9.62. The maximum absolute atomic E-state index is 11.4. The van der Waals surface area contributed by atoms with E-state index in [9.17, 15) is 9.59 Å². The van der Waals surface area contributed by atoms with Crippen LogP contribution in [0.15, 0.2) is 23.3 Å². The third-order valence-electron chi connectivity index (χ3n) is 2.66. The van der Waals surface area contributed by atoms with Gasteiger partial charge >= 0.3 is 5.97 Å². The van der Waals surface area contributed by atoms with E-state index in [-0.39, 0.29) is 24.8 Å². The number of carbonyl (C=O) groups excluding carboxylic acids is 1. The number of aliphatic carboxylic acids is 1. The SMILES string of the molecule is CC1=CCC(NC(=O)CCC(=O)O)C=C1C. The molecule has 1 amide bonds. The molecular weight excluding hydrogens is 206 g/mol. The number of nitrogens with one attached hydrogen (secondary N) is 1. The summed E-state index contributed by atoms with van der Waals surface area (Å²) >= 11 is 0. The molecule has 0 aromatic rings. The van der Waals surface area contributed by atoms with Gasteiger partial charge in [0.05, 0.1) is 12.5 Å². The first-order valence-electron chi connectivity index (χ1n) is 5.35. The van der Waals surface area contributed by atoms with Gasteiger partial charge in [-0.1, -0.05) is 23.3 Å². The molecule has 0 saturated heterocycles. The van der Waals surface area contributed by atoms with E-state index in [0.717, 1.165) is 12.0 Å². The maximum atomic E-state index is 11.4. The van der Waals surface area contributed by atoms with Gasteiger partial charge in [-0.25, -0.2) is 0 Å². The lowest BCUT2D eigenvalue weighted by Gasteiger charge is -2.19. The summed E-state index contributed by atoms with van der Waals surface area (Å²) in [5, 5.41) is 11.2. The topological polar surface area (TPSA) is 66.4 Å². The van der Waals surface area contributed by atoms with E-state index >= 15 is 0 Å². The van der Waals surface area contributed by atoms with Gasteiger partial charge in [0, 0.05) is 6.42 Å². The first-order chi connectivity index (χ1) is 7.49. The van der Waals surface area contributed by atoms with Gasteiger partial charge in [-0.05, 0) is 20.3 Å². The van der Waals surface area contributed by atoms with Crippen molar-refractivity contribution in [2.45, 2.75) is 39.2 Å². The monoisotopic (exact) mass is 223 g/mol. The molecular formula is C12H17NO3. The summed E-state index contributed by atoms with van der Waals surface area (Å²) < 4.78 is 0. The summed E-state index contributed by atoms with van der Waals surface area (Å²) in [6, 6.07) is 0.00462. The lowest BCUT2D eigenvalue weighted by molar-refractivity contribution is -0.138. The molecule has 1 aliphatic carbocycles. The Bertz CT molecular complexity index is 355. The second-order valence-corrected chi connectivity index (χ2v) is 4.04. The fraction of sp³-hybridized carbons (Fsp3) is 0.500. The fourth-order valence-electron chi connectivity index (χ4n) is 1.57. The lowest BCUT2D eigenvalue weighted by atomic mass is 9.97. The van der Waals surface area contributed by atoms with E-state index in [1.807, 2.05) is 19.9 Å². The molecule has 16 heavy (non-hydrogen) atoms. The number of carboxylic acids is 1. The van der Waals surface area contributed by atoms with Crippen LogP contribution in [-0.4, -0.2) is 23.0 Å². The minimum atomic E-state index is -0.943. The Morgan fingerprint density at radius 2 is 2.06 bits per heavy atom. The number of carboxylic acid groups (broad SMARTS) is 1. The van der Waals surface area contributed by atoms with Crippen molar-refractivity contribution in [3.8, 4) is 0 Å². The van der Waals surface area contributed by atoms with Gasteiger partial charge in [0.2, 0.25) is 5.91 Å². The van der Waals surface area contributed by atoms with Gasteiger partial charge in [-0.2, -0.15) is 0 Å². The number of hydrogen-bond acceptors (Lipinski definition) is 2. The molecule has 4 heteroatoms. The highest BCUT2D eigenvalue weighted by Crippen LogP contribution is 2.17. The van der Waals surface area contributed by atoms with Crippen LogP contribution in [0, 0.1) is 0 Å². The van der Waals surface area contributed by atoms with Crippen LogP contribution in [0.5, 0.6) is 0 Å². The normalized spacial score (nSPS) is 19.8. The van der Waals surface area contributed by atoms with Crippen LogP contribution < -0.4 is 5.32 Å². The van der Waals surface area contributed by atoms with E-state index in [2.05, 4.69) is 11.4 Å². The molecule has 4 nitrogen and oxygen atoms in total. The summed E-state index contributed by atoms with van der Waals surface area (Å²) in [7, 11) is 0. The van der Waals surface area contributed by atoms with E-state index in [1.165, 1.54) is 5.57 Å². The van der Waals surface area contributed by atoms with Gasteiger partial charge in [0.15, 0.2) is 0 Å². The van der Waals surface area contributed by atoms with Crippen molar-refractivity contribution in [2.75, 3.05) is 0 Å². The van der Waals surface area contributed by atoms with Crippen molar-refractivity contribution in [1.29, 1.82) is 0 Å². The molecule has 0 aromatic heterocycles. The van der Waals surface area contributed by atoms with Crippen LogP contribution in [0.2, 0.25) is 0 Å². The van der Waals surface area contributed by atoms with E-state index in [0.29, 0.717) is 0 Å². The number of rotatable bonds is 4. The molecule has 0 spiro atoms. The maximum Gasteiger partial charge on any atom is 0.303 e. The van der Waals surface area contributed by atoms with Crippen molar-refractivity contribution in [1.82, 2.24) is 5.32 Å². The van der Waals surface area contributed by atoms with E-state index < -0.39 is 5.97 Å². The molecule has 1 aliphatic rings. The second-order valence-electron chi connectivity index (χ2n) is 4.04. The highest BCUT2D eigenvalue weighted by Gasteiger charge is 2.13. The van der Waals surface area contributed by atoms with Crippen LogP contribution in [0.25, 0.3) is 0 Å². The highest BCUT2D eigenvalue weighted by atomic mass is 16.4. The Kier molecular flexibility index (Phi) is 4.28. The van der Waals surface area contributed by atoms with Crippen molar-refractivity contribution < 1.29 is 14.7 Å². The number of hydrogen-bond donors (Lipinski definition) is 2. The molecule has 0 aliphatic heterocycles. The van der Waals surface area contributed by atoms with Crippen LogP contribution >= 0.6 is 0 Å². The predicted octanol–water partition coefficient (Wildman–Crippen LogP) is 1.63. The first-order valence-corrected chi connectivity index (χ1v) is 5.35. The Balaban J connectivity index is 2.39. The molecule has 1 unspecified atom stereocenters. The van der Waals surface area contributed by atoms with Crippen molar-refractivity contribution in [3.05, 3.63) is 23.3 Å². The van der Waals surface area contributed by atoms with E-state index in [1.54, 1.807) is 0 Å². The summed E-state index contributed by atoms with van der Waals surface area (Å²) in [5.74, 6) is -1.15. The minimum Gasteiger partial charge on any atom is -0.481 e. The van der Waals surface area contributed by atoms with Crippen molar-refractivity contribution in [3.63, 3.8) is 0 Å². The molecule has 0 aromatic carbocycles. The van der Waals surface area contributed by atoms with Crippen molar-refractivity contribution in [2.24, 2.45) is 0 Å². The molecule has 0 heterocycles. The third-order valence-corrected chi connectivity index (χ3v) is 2.66. The molecule has 1 atom stereocenters. The Morgan fingerprint density at radius 1 is 1.38 bits per heavy atom. The minimum absolute atomic E-state index is 0.00462. The Hall–Kier alpha value is -1.58. The summed E-state index contributed by atoms with van der Waals surface area (Å²) in [4.78, 5) is 21.7. The van der Waals surface area contributed by atoms with Gasteiger partial charge in [0.1, 0.15) is 0 Å².